The Labute approximate surface area is 131 Å². The van der Waals surface area contributed by atoms with E-state index in [-0.39, 0.29) is 15.7 Å². The number of carbonyl (C=O) groups is 1. The molecule has 0 unspecified atom stereocenters. The first kappa shape index (κ1) is 14.8. The SMILES string of the molecule is O=C(Nc1nc2cc(Cl)c(F)cc2s1)c1ccc(F)c(F)c1. The number of thiazole rings is 1. The van der Waals surface area contributed by atoms with Gasteiger partial charge >= 0.3 is 0 Å². The van der Waals surface area contributed by atoms with Crippen molar-refractivity contribution in [2.75, 3.05) is 5.32 Å². The molecule has 1 N–H and O–H groups in total. The van der Waals surface area contributed by atoms with E-state index in [1.165, 1.54) is 12.1 Å². The van der Waals surface area contributed by atoms with Gasteiger partial charge in [-0.05, 0) is 30.3 Å². The fraction of sp³-hybridized carbons (Fsp3) is 0. The lowest BCUT2D eigenvalue weighted by Crippen LogP contribution is -2.12. The predicted octanol–water partition coefficient (Wildman–Crippen LogP) is 4.62. The minimum atomic E-state index is -1.12. The van der Waals surface area contributed by atoms with Gasteiger partial charge in [-0.1, -0.05) is 22.9 Å². The first-order valence-electron chi connectivity index (χ1n) is 5.96. The third-order valence-electron chi connectivity index (χ3n) is 2.83. The fourth-order valence-corrected chi connectivity index (χ4v) is 2.81. The van der Waals surface area contributed by atoms with Crippen molar-refractivity contribution >= 4 is 44.2 Å². The molecule has 0 aliphatic heterocycles. The fourth-order valence-electron chi connectivity index (χ4n) is 1.78. The molecular weight excluding hydrogens is 337 g/mol. The molecule has 3 rings (SSSR count). The summed E-state index contributed by atoms with van der Waals surface area (Å²) < 4.78 is 39.8. The smallest absolute Gasteiger partial charge is 0.257 e. The molecule has 0 radical (unpaired) electrons. The maximum atomic E-state index is 13.4. The molecule has 0 bridgehead atoms. The number of hydrogen-bond acceptors (Lipinski definition) is 3. The Morgan fingerprint density at radius 3 is 2.59 bits per heavy atom. The van der Waals surface area contributed by atoms with Gasteiger partial charge in [-0.25, -0.2) is 18.2 Å². The zero-order valence-corrected chi connectivity index (χ0v) is 12.2. The van der Waals surface area contributed by atoms with Crippen LogP contribution in [0.1, 0.15) is 10.4 Å². The van der Waals surface area contributed by atoms with Crippen LogP contribution in [0.15, 0.2) is 30.3 Å². The second-order valence-corrected chi connectivity index (χ2v) is 5.77. The Hall–Kier alpha value is -2.12. The number of anilines is 1. The molecule has 1 amide bonds. The second kappa shape index (κ2) is 5.58. The van der Waals surface area contributed by atoms with E-state index in [1.807, 2.05) is 0 Å². The zero-order valence-electron chi connectivity index (χ0n) is 10.7. The molecule has 0 atom stereocenters. The molecule has 22 heavy (non-hydrogen) atoms. The number of aromatic nitrogens is 1. The van der Waals surface area contributed by atoms with Crippen LogP contribution in [0.3, 0.4) is 0 Å². The monoisotopic (exact) mass is 342 g/mol. The summed E-state index contributed by atoms with van der Waals surface area (Å²) in [5, 5.41) is 2.57. The van der Waals surface area contributed by atoms with Gasteiger partial charge in [0.25, 0.3) is 5.91 Å². The van der Waals surface area contributed by atoms with Crippen LogP contribution in [0.25, 0.3) is 10.2 Å². The van der Waals surface area contributed by atoms with E-state index in [0.717, 1.165) is 29.5 Å². The number of hydrogen-bond donors (Lipinski definition) is 1. The number of nitrogens with zero attached hydrogens (tertiary/aromatic N) is 1. The second-order valence-electron chi connectivity index (χ2n) is 4.34. The van der Waals surface area contributed by atoms with Crippen LogP contribution in [-0.2, 0) is 0 Å². The van der Waals surface area contributed by atoms with E-state index in [0.29, 0.717) is 10.2 Å². The van der Waals surface area contributed by atoms with E-state index in [9.17, 15) is 18.0 Å². The van der Waals surface area contributed by atoms with Gasteiger partial charge in [0.2, 0.25) is 0 Å². The number of nitrogens with one attached hydrogen (secondary N) is 1. The molecule has 0 aliphatic rings. The normalized spacial score (nSPS) is 10.9. The quantitative estimate of drug-likeness (QED) is 0.738. The molecule has 1 heterocycles. The summed E-state index contributed by atoms with van der Waals surface area (Å²) in [4.78, 5) is 16.0. The number of fused-ring (bicyclic) bond motifs is 1. The van der Waals surface area contributed by atoms with E-state index in [2.05, 4.69) is 10.3 Å². The van der Waals surface area contributed by atoms with Gasteiger partial charge in [-0.15, -0.1) is 0 Å². The topological polar surface area (TPSA) is 42.0 Å². The van der Waals surface area contributed by atoms with Gasteiger partial charge in [0, 0.05) is 5.56 Å². The maximum Gasteiger partial charge on any atom is 0.257 e. The van der Waals surface area contributed by atoms with Crippen molar-refractivity contribution in [1.82, 2.24) is 4.98 Å². The van der Waals surface area contributed by atoms with Crippen molar-refractivity contribution in [1.29, 1.82) is 0 Å². The average Bonchev–Trinajstić information content (AvgIpc) is 2.83. The lowest BCUT2D eigenvalue weighted by molar-refractivity contribution is 0.102. The molecule has 0 fully saturated rings. The lowest BCUT2D eigenvalue weighted by atomic mass is 10.2. The Morgan fingerprint density at radius 1 is 1.09 bits per heavy atom. The maximum absolute atomic E-state index is 13.4. The third-order valence-corrected chi connectivity index (χ3v) is 4.06. The predicted molar refractivity (Wildman–Crippen MR) is 78.9 cm³/mol. The van der Waals surface area contributed by atoms with Crippen molar-refractivity contribution in [2.24, 2.45) is 0 Å². The van der Waals surface area contributed by atoms with Gasteiger partial charge in [-0.2, -0.15) is 0 Å². The summed E-state index contributed by atoms with van der Waals surface area (Å²) >= 11 is 6.70. The van der Waals surface area contributed by atoms with Gasteiger partial charge in [-0.3, -0.25) is 10.1 Å². The van der Waals surface area contributed by atoms with E-state index < -0.39 is 23.4 Å². The van der Waals surface area contributed by atoms with Gasteiger partial charge in [0.1, 0.15) is 5.82 Å². The summed E-state index contributed by atoms with van der Waals surface area (Å²) in [5.74, 6) is -3.40. The van der Waals surface area contributed by atoms with Crippen molar-refractivity contribution in [3.63, 3.8) is 0 Å². The summed E-state index contributed by atoms with van der Waals surface area (Å²) in [6.45, 7) is 0. The van der Waals surface area contributed by atoms with Gasteiger partial charge in [0.15, 0.2) is 16.8 Å². The van der Waals surface area contributed by atoms with Crippen molar-refractivity contribution in [3.8, 4) is 0 Å². The van der Waals surface area contributed by atoms with Crippen LogP contribution in [0.4, 0.5) is 18.3 Å². The Morgan fingerprint density at radius 2 is 1.86 bits per heavy atom. The number of rotatable bonds is 2. The first-order valence-corrected chi connectivity index (χ1v) is 7.15. The highest BCUT2D eigenvalue weighted by Crippen LogP contribution is 2.30. The standard InChI is InChI=1S/C14H6ClF3N2OS/c15-7-4-11-12(5-9(7)17)22-14(19-11)20-13(21)6-1-2-8(16)10(18)3-6/h1-5H,(H,19,20,21). The summed E-state index contributed by atoms with van der Waals surface area (Å²) in [6.07, 6.45) is 0. The molecule has 0 aliphatic carbocycles. The number of halogens is 4. The molecule has 3 aromatic rings. The molecule has 8 heteroatoms. The lowest BCUT2D eigenvalue weighted by Gasteiger charge is -2.01. The molecule has 0 saturated heterocycles. The number of carbonyl (C=O) groups excluding carboxylic acids is 1. The Kier molecular flexibility index (Phi) is 3.76. The molecule has 3 nitrogen and oxygen atoms in total. The van der Waals surface area contributed by atoms with Crippen molar-refractivity contribution in [3.05, 3.63) is 58.4 Å². The largest absolute Gasteiger partial charge is 0.298 e. The van der Waals surface area contributed by atoms with Crippen molar-refractivity contribution in [2.45, 2.75) is 0 Å². The summed E-state index contributed by atoms with van der Waals surface area (Å²) in [7, 11) is 0. The molecule has 0 saturated carbocycles. The van der Waals surface area contributed by atoms with Crippen LogP contribution in [0, 0.1) is 17.5 Å². The molecule has 0 spiro atoms. The van der Waals surface area contributed by atoms with E-state index >= 15 is 0 Å². The molecule has 2 aromatic carbocycles. The van der Waals surface area contributed by atoms with Gasteiger partial charge in [0.05, 0.1) is 15.2 Å². The highest BCUT2D eigenvalue weighted by molar-refractivity contribution is 7.22. The van der Waals surface area contributed by atoms with Crippen LogP contribution < -0.4 is 5.32 Å². The van der Waals surface area contributed by atoms with Crippen LogP contribution in [-0.4, -0.2) is 10.9 Å². The minimum absolute atomic E-state index is 0.0534. The number of benzene rings is 2. The van der Waals surface area contributed by atoms with Crippen LogP contribution in [0.5, 0.6) is 0 Å². The Bertz CT molecular complexity index is 858. The molecule has 1 aromatic heterocycles. The summed E-state index contributed by atoms with van der Waals surface area (Å²) in [5.41, 5.74) is 0.374. The Balaban J connectivity index is 1.89. The minimum Gasteiger partial charge on any atom is -0.298 e. The van der Waals surface area contributed by atoms with Gasteiger partial charge < -0.3 is 0 Å². The van der Waals surface area contributed by atoms with Crippen LogP contribution in [0.2, 0.25) is 5.02 Å². The van der Waals surface area contributed by atoms with Crippen molar-refractivity contribution < 1.29 is 18.0 Å². The van der Waals surface area contributed by atoms with Crippen LogP contribution >= 0.6 is 22.9 Å². The zero-order chi connectivity index (χ0) is 15.9. The third kappa shape index (κ3) is 2.77. The van der Waals surface area contributed by atoms with E-state index in [4.69, 9.17) is 11.6 Å². The highest BCUT2D eigenvalue weighted by Gasteiger charge is 2.13. The number of amides is 1. The molecular formula is C14H6ClF3N2OS. The molecule has 112 valence electrons. The summed E-state index contributed by atoms with van der Waals surface area (Å²) in [6, 6.07) is 5.35. The average molecular weight is 343 g/mol. The first-order chi connectivity index (χ1) is 10.4. The van der Waals surface area contributed by atoms with E-state index in [1.54, 1.807) is 0 Å². The highest BCUT2D eigenvalue weighted by atomic mass is 35.5.